The molecule has 2 N–H and O–H groups in total. The highest BCUT2D eigenvalue weighted by Crippen LogP contribution is 2.28. The second kappa shape index (κ2) is 3.84. The highest BCUT2D eigenvalue weighted by Gasteiger charge is 2.23. The van der Waals surface area contributed by atoms with Crippen LogP contribution in [-0.2, 0) is 12.6 Å². The van der Waals surface area contributed by atoms with Crippen molar-refractivity contribution in [3.8, 4) is 0 Å². The van der Waals surface area contributed by atoms with Gasteiger partial charge in [-0.05, 0) is 31.4 Å². The number of aryl methyl sites for hydroxylation is 1. The van der Waals surface area contributed by atoms with Gasteiger partial charge in [-0.15, -0.1) is 0 Å². The highest BCUT2D eigenvalue weighted by molar-refractivity contribution is 5.80. The number of nitrogens with zero attached hydrogens (tertiary/aromatic N) is 2. The fourth-order valence-electron chi connectivity index (χ4n) is 2.34. The Labute approximate surface area is 103 Å². The third-order valence-corrected chi connectivity index (χ3v) is 3.12. The molecule has 0 saturated heterocycles. The zero-order chi connectivity index (χ0) is 12.8. The van der Waals surface area contributed by atoms with E-state index in [1.165, 1.54) is 11.1 Å². The van der Waals surface area contributed by atoms with Gasteiger partial charge in [0.05, 0.1) is 16.6 Å². The Morgan fingerprint density at radius 2 is 1.94 bits per heavy atom. The van der Waals surface area contributed by atoms with Gasteiger partial charge in [-0.25, -0.2) is 4.98 Å². The van der Waals surface area contributed by atoms with E-state index in [0.29, 0.717) is 5.92 Å². The third-order valence-electron chi connectivity index (χ3n) is 3.12. The first-order valence-corrected chi connectivity index (χ1v) is 6.07. The van der Waals surface area contributed by atoms with Crippen LogP contribution in [0, 0.1) is 0 Å². The van der Waals surface area contributed by atoms with Gasteiger partial charge in [0, 0.05) is 7.05 Å². The number of imidazole rings is 1. The number of para-hydroxylation sites is 1. The zero-order valence-corrected chi connectivity index (χ0v) is 11.3. The van der Waals surface area contributed by atoms with E-state index in [9.17, 15) is 0 Å². The number of aromatic nitrogens is 2. The lowest BCUT2D eigenvalue weighted by Crippen LogP contribution is -2.32. The van der Waals surface area contributed by atoms with Crippen molar-refractivity contribution in [3.05, 3.63) is 29.6 Å². The Kier molecular flexibility index (Phi) is 2.74. The van der Waals surface area contributed by atoms with Crippen LogP contribution in [0.25, 0.3) is 11.0 Å². The summed E-state index contributed by atoms with van der Waals surface area (Å²) in [6, 6.07) is 6.29. The predicted octanol–water partition coefficient (Wildman–Crippen LogP) is 2.89. The van der Waals surface area contributed by atoms with Gasteiger partial charge in [0.15, 0.2) is 0 Å². The molecule has 0 atom stereocenters. The van der Waals surface area contributed by atoms with Crippen molar-refractivity contribution in [2.45, 2.75) is 39.2 Å². The molecule has 0 aliphatic carbocycles. The van der Waals surface area contributed by atoms with E-state index in [0.717, 1.165) is 11.3 Å². The normalized spacial score (nSPS) is 12.6. The van der Waals surface area contributed by atoms with Gasteiger partial charge in [0.1, 0.15) is 5.82 Å². The van der Waals surface area contributed by atoms with Crippen LogP contribution in [0.5, 0.6) is 0 Å². The fraction of sp³-hybridized carbons (Fsp3) is 0.500. The lowest BCUT2D eigenvalue weighted by molar-refractivity contribution is 0.497. The van der Waals surface area contributed by atoms with Crippen molar-refractivity contribution in [2.24, 2.45) is 12.8 Å². The SMILES string of the molecule is CC(C)c1cccc2nc(C(C)(C)N)n(C)c12. The van der Waals surface area contributed by atoms with Gasteiger partial charge in [-0.2, -0.15) is 0 Å². The number of nitrogens with two attached hydrogens (primary N) is 1. The number of fused-ring (bicyclic) bond motifs is 1. The number of hydrogen-bond acceptors (Lipinski definition) is 2. The quantitative estimate of drug-likeness (QED) is 0.863. The smallest absolute Gasteiger partial charge is 0.129 e. The minimum Gasteiger partial charge on any atom is -0.329 e. The van der Waals surface area contributed by atoms with Crippen molar-refractivity contribution >= 4 is 11.0 Å². The lowest BCUT2D eigenvalue weighted by Gasteiger charge is -2.18. The molecule has 1 aromatic carbocycles. The summed E-state index contributed by atoms with van der Waals surface area (Å²) in [5.41, 5.74) is 9.32. The first-order chi connectivity index (χ1) is 7.82. The van der Waals surface area contributed by atoms with Gasteiger partial charge in [0.25, 0.3) is 0 Å². The molecule has 0 saturated carbocycles. The first kappa shape index (κ1) is 12.1. The summed E-state index contributed by atoms with van der Waals surface area (Å²) in [7, 11) is 2.05. The Hall–Kier alpha value is -1.35. The molecule has 0 radical (unpaired) electrons. The first-order valence-electron chi connectivity index (χ1n) is 6.07. The molecule has 0 aliphatic rings. The molecule has 0 fully saturated rings. The molecular weight excluding hydrogens is 210 g/mol. The van der Waals surface area contributed by atoms with Crippen LogP contribution in [0.1, 0.15) is 45.0 Å². The molecular formula is C14H21N3. The summed E-state index contributed by atoms with van der Waals surface area (Å²) in [5, 5.41) is 0. The molecule has 0 amide bonds. The van der Waals surface area contributed by atoms with Crippen LogP contribution in [0.4, 0.5) is 0 Å². The van der Waals surface area contributed by atoms with E-state index in [1.54, 1.807) is 0 Å². The molecule has 0 aliphatic heterocycles. The summed E-state index contributed by atoms with van der Waals surface area (Å²) in [5.74, 6) is 1.42. The Morgan fingerprint density at radius 1 is 1.29 bits per heavy atom. The van der Waals surface area contributed by atoms with Crippen molar-refractivity contribution in [1.82, 2.24) is 9.55 Å². The van der Waals surface area contributed by atoms with Crippen molar-refractivity contribution < 1.29 is 0 Å². The molecule has 1 heterocycles. The molecule has 92 valence electrons. The van der Waals surface area contributed by atoms with E-state index in [-0.39, 0.29) is 0 Å². The number of rotatable bonds is 2. The summed E-state index contributed by atoms with van der Waals surface area (Å²) >= 11 is 0. The highest BCUT2D eigenvalue weighted by atomic mass is 15.1. The standard InChI is InChI=1S/C14H21N3/c1-9(2)10-7-6-8-11-12(10)17(5)13(16-11)14(3,4)15/h6-9H,15H2,1-5H3. The monoisotopic (exact) mass is 231 g/mol. The minimum absolute atomic E-state index is 0.415. The molecule has 1 aromatic heterocycles. The molecule has 3 nitrogen and oxygen atoms in total. The summed E-state index contributed by atoms with van der Waals surface area (Å²) in [6.45, 7) is 8.39. The van der Waals surface area contributed by atoms with Gasteiger partial charge < -0.3 is 10.3 Å². The van der Waals surface area contributed by atoms with E-state index >= 15 is 0 Å². The van der Waals surface area contributed by atoms with Crippen LogP contribution in [0.2, 0.25) is 0 Å². The third kappa shape index (κ3) is 1.95. The molecule has 2 aromatic rings. The molecule has 0 unspecified atom stereocenters. The maximum atomic E-state index is 6.16. The fourth-order valence-corrected chi connectivity index (χ4v) is 2.34. The van der Waals surface area contributed by atoms with E-state index in [2.05, 4.69) is 41.6 Å². The second-order valence-electron chi connectivity index (χ2n) is 5.59. The van der Waals surface area contributed by atoms with Crippen molar-refractivity contribution in [1.29, 1.82) is 0 Å². The van der Waals surface area contributed by atoms with Crippen LogP contribution < -0.4 is 5.73 Å². The number of benzene rings is 1. The summed E-state index contributed by atoms with van der Waals surface area (Å²) in [6.07, 6.45) is 0. The summed E-state index contributed by atoms with van der Waals surface area (Å²) in [4.78, 5) is 4.66. The maximum absolute atomic E-state index is 6.16. The molecule has 17 heavy (non-hydrogen) atoms. The van der Waals surface area contributed by atoms with Gasteiger partial charge >= 0.3 is 0 Å². The zero-order valence-electron chi connectivity index (χ0n) is 11.3. The lowest BCUT2D eigenvalue weighted by atomic mass is 10.0. The van der Waals surface area contributed by atoms with Gasteiger partial charge in [0.2, 0.25) is 0 Å². The van der Waals surface area contributed by atoms with E-state index in [4.69, 9.17) is 5.73 Å². The van der Waals surface area contributed by atoms with E-state index < -0.39 is 5.54 Å². The predicted molar refractivity (Wildman–Crippen MR) is 72.0 cm³/mol. The Morgan fingerprint density at radius 3 is 2.47 bits per heavy atom. The van der Waals surface area contributed by atoms with Crippen LogP contribution in [-0.4, -0.2) is 9.55 Å². The Balaban J connectivity index is 2.79. The Bertz CT molecular complexity index is 544. The van der Waals surface area contributed by atoms with Crippen molar-refractivity contribution in [2.75, 3.05) is 0 Å². The van der Waals surface area contributed by atoms with Crippen molar-refractivity contribution in [3.63, 3.8) is 0 Å². The van der Waals surface area contributed by atoms with Crippen LogP contribution >= 0.6 is 0 Å². The minimum atomic E-state index is -0.415. The molecule has 0 spiro atoms. The molecule has 0 bridgehead atoms. The molecule has 2 rings (SSSR count). The van der Waals surface area contributed by atoms with E-state index in [1.807, 2.05) is 20.9 Å². The average Bonchev–Trinajstić information content (AvgIpc) is 2.55. The molecule has 3 heteroatoms. The van der Waals surface area contributed by atoms with Gasteiger partial charge in [-0.3, -0.25) is 0 Å². The average molecular weight is 231 g/mol. The second-order valence-corrected chi connectivity index (χ2v) is 5.59. The maximum Gasteiger partial charge on any atom is 0.129 e. The van der Waals surface area contributed by atoms with Gasteiger partial charge in [-0.1, -0.05) is 26.0 Å². The summed E-state index contributed by atoms with van der Waals surface area (Å²) < 4.78 is 2.13. The van der Waals surface area contributed by atoms with Crippen LogP contribution in [0.3, 0.4) is 0 Å². The number of hydrogen-bond donors (Lipinski definition) is 1. The largest absolute Gasteiger partial charge is 0.329 e. The van der Waals surface area contributed by atoms with Crippen LogP contribution in [0.15, 0.2) is 18.2 Å². The topological polar surface area (TPSA) is 43.8 Å².